The van der Waals surface area contributed by atoms with Gasteiger partial charge in [-0.05, 0) is 30.5 Å². The van der Waals surface area contributed by atoms with Gasteiger partial charge in [-0.1, -0.05) is 68.3 Å². The van der Waals surface area contributed by atoms with Crippen LogP contribution in [0.3, 0.4) is 0 Å². The van der Waals surface area contributed by atoms with Crippen LogP contribution in [0.5, 0.6) is 5.75 Å². The minimum atomic E-state index is -1.33. The predicted molar refractivity (Wildman–Crippen MR) is 105 cm³/mol. The molecule has 0 aliphatic heterocycles. The van der Waals surface area contributed by atoms with Crippen LogP contribution in [-0.4, -0.2) is 29.0 Å². The highest BCUT2D eigenvalue weighted by Crippen LogP contribution is 2.26. The molecule has 0 spiro atoms. The molecule has 0 aliphatic carbocycles. The van der Waals surface area contributed by atoms with E-state index in [1.807, 2.05) is 24.3 Å². The molecule has 0 fully saturated rings. The third-order valence-corrected chi connectivity index (χ3v) is 4.52. The van der Waals surface area contributed by atoms with Gasteiger partial charge >= 0.3 is 5.97 Å². The van der Waals surface area contributed by atoms with Crippen LogP contribution < -0.4 is 10.5 Å². The molecule has 0 amide bonds. The van der Waals surface area contributed by atoms with Crippen molar-refractivity contribution < 1.29 is 19.4 Å². The van der Waals surface area contributed by atoms with E-state index in [2.05, 4.69) is 6.92 Å². The highest BCUT2D eigenvalue weighted by Gasteiger charge is 2.37. The van der Waals surface area contributed by atoms with Crippen LogP contribution in [0.1, 0.15) is 44.1 Å². The standard InChI is InChI=1S/C22H27NO4/c1-2-3-6-15-18(27-17-13-9-5-10-14-17)21(24)19(20(23)22(25)26)16-11-7-4-8-12-16/h4-5,7-14,18-20H,2-3,6,15,23H2,1H3,(H,25,26)/t18?,19-,20?/m1/s1. The lowest BCUT2D eigenvalue weighted by molar-refractivity contribution is -0.142. The average Bonchev–Trinajstić information content (AvgIpc) is 2.69. The Morgan fingerprint density at radius 2 is 1.59 bits per heavy atom. The molecule has 3 N–H and O–H groups in total. The van der Waals surface area contributed by atoms with Crippen LogP contribution in [-0.2, 0) is 9.59 Å². The predicted octanol–water partition coefficient (Wildman–Crippen LogP) is 3.78. The fraction of sp³-hybridized carbons (Fsp3) is 0.364. The molecule has 0 aromatic heterocycles. The molecule has 0 radical (unpaired) electrons. The number of carbonyl (C=O) groups is 2. The number of rotatable bonds is 11. The maximum Gasteiger partial charge on any atom is 0.321 e. The van der Waals surface area contributed by atoms with Crippen molar-refractivity contribution in [3.05, 3.63) is 66.2 Å². The van der Waals surface area contributed by atoms with Crippen LogP contribution in [0.25, 0.3) is 0 Å². The topological polar surface area (TPSA) is 89.6 Å². The van der Waals surface area contributed by atoms with Crippen LogP contribution in [0.15, 0.2) is 60.7 Å². The van der Waals surface area contributed by atoms with Gasteiger partial charge in [0.2, 0.25) is 0 Å². The van der Waals surface area contributed by atoms with Gasteiger partial charge in [-0.3, -0.25) is 9.59 Å². The Morgan fingerprint density at radius 1 is 1.00 bits per heavy atom. The van der Waals surface area contributed by atoms with E-state index in [4.69, 9.17) is 10.5 Å². The number of hydrogen-bond donors (Lipinski definition) is 2. The molecule has 2 aromatic rings. The van der Waals surface area contributed by atoms with E-state index in [1.165, 1.54) is 0 Å². The Labute approximate surface area is 160 Å². The summed E-state index contributed by atoms with van der Waals surface area (Å²) in [5.41, 5.74) is 6.50. The second-order valence-electron chi connectivity index (χ2n) is 6.57. The molecule has 3 atom stereocenters. The molecule has 5 heteroatoms. The zero-order chi connectivity index (χ0) is 19.6. The average molecular weight is 369 g/mol. The van der Waals surface area contributed by atoms with Gasteiger partial charge in [0.1, 0.15) is 11.8 Å². The molecule has 144 valence electrons. The monoisotopic (exact) mass is 369 g/mol. The number of aliphatic carboxylic acids is 1. The molecule has 2 unspecified atom stereocenters. The summed E-state index contributed by atoms with van der Waals surface area (Å²) in [4.78, 5) is 24.9. The van der Waals surface area contributed by atoms with Crippen LogP contribution in [0.2, 0.25) is 0 Å². The van der Waals surface area contributed by atoms with Gasteiger partial charge in [-0.2, -0.15) is 0 Å². The normalized spacial score (nSPS) is 14.1. The number of hydrogen-bond acceptors (Lipinski definition) is 4. The van der Waals surface area contributed by atoms with Gasteiger partial charge in [-0.25, -0.2) is 0 Å². The van der Waals surface area contributed by atoms with E-state index in [0.717, 1.165) is 19.3 Å². The Morgan fingerprint density at radius 3 is 2.15 bits per heavy atom. The number of Topliss-reactive ketones (excluding diaryl/α,β-unsaturated/α-hetero) is 1. The first-order valence-electron chi connectivity index (χ1n) is 9.33. The molecule has 27 heavy (non-hydrogen) atoms. The van der Waals surface area contributed by atoms with Gasteiger partial charge in [0.05, 0.1) is 5.92 Å². The number of carboxylic acids is 1. The van der Waals surface area contributed by atoms with Gasteiger partial charge in [-0.15, -0.1) is 0 Å². The number of carboxylic acid groups (broad SMARTS) is 1. The summed E-state index contributed by atoms with van der Waals surface area (Å²) >= 11 is 0. The first-order chi connectivity index (χ1) is 13.0. The number of ketones is 1. The SMILES string of the molecule is CCCCCC(Oc1ccccc1)C(=O)[C@H](c1ccccc1)C(N)C(=O)O. The van der Waals surface area contributed by atoms with Crippen molar-refractivity contribution in [2.75, 3.05) is 0 Å². The number of ether oxygens (including phenoxy) is 1. The van der Waals surface area contributed by atoms with E-state index in [9.17, 15) is 14.7 Å². The van der Waals surface area contributed by atoms with Crippen molar-refractivity contribution >= 4 is 11.8 Å². The van der Waals surface area contributed by atoms with Gasteiger partial charge in [0, 0.05) is 0 Å². The summed E-state index contributed by atoms with van der Waals surface area (Å²) < 4.78 is 5.96. The van der Waals surface area contributed by atoms with Crippen LogP contribution >= 0.6 is 0 Å². The zero-order valence-electron chi connectivity index (χ0n) is 15.6. The second-order valence-corrected chi connectivity index (χ2v) is 6.57. The third kappa shape index (κ3) is 5.93. The Balaban J connectivity index is 2.31. The van der Waals surface area contributed by atoms with Gasteiger partial charge < -0.3 is 15.6 Å². The zero-order valence-corrected chi connectivity index (χ0v) is 15.6. The Hall–Kier alpha value is -2.66. The highest BCUT2D eigenvalue weighted by atomic mass is 16.5. The molecule has 0 bridgehead atoms. The fourth-order valence-electron chi connectivity index (χ4n) is 3.05. The minimum absolute atomic E-state index is 0.295. The maximum atomic E-state index is 13.3. The van der Waals surface area contributed by atoms with Crippen molar-refractivity contribution in [3.63, 3.8) is 0 Å². The summed E-state index contributed by atoms with van der Waals surface area (Å²) in [6.45, 7) is 2.09. The Kier molecular flexibility index (Phi) is 8.01. The van der Waals surface area contributed by atoms with E-state index >= 15 is 0 Å². The summed E-state index contributed by atoms with van der Waals surface area (Å²) in [5.74, 6) is -1.87. The van der Waals surface area contributed by atoms with E-state index in [0.29, 0.717) is 17.7 Å². The minimum Gasteiger partial charge on any atom is -0.483 e. The van der Waals surface area contributed by atoms with Gasteiger partial charge in [0.15, 0.2) is 11.9 Å². The Bertz CT molecular complexity index is 718. The van der Waals surface area contributed by atoms with E-state index in [1.54, 1.807) is 36.4 Å². The van der Waals surface area contributed by atoms with Crippen molar-refractivity contribution in [1.82, 2.24) is 0 Å². The lowest BCUT2D eigenvalue weighted by Crippen LogP contribution is -2.45. The largest absolute Gasteiger partial charge is 0.483 e. The number of benzene rings is 2. The summed E-state index contributed by atoms with van der Waals surface area (Å²) in [6, 6.07) is 16.6. The van der Waals surface area contributed by atoms with Gasteiger partial charge in [0.25, 0.3) is 0 Å². The molecule has 0 heterocycles. The van der Waals surface area contributed by atoms with Crippen molar-refractivity contribution in [3.8, 4) is 5.75 Å². The fourth-order valence-corrected chi connectivity index (χ4v) is 3.05. The molecular weight excluding hydrogens is 342 g/mol. The second kappa shape index (κ2) is 10.5. The van der Waals surface area contributed by atoms with Crippen molar-refractivity contribution in [1.29, 1.82) is 0 Å². The highest BCUT2D eigenvalue weighted by molar-refractivity contribution is 5.95. The molecule has 5 nitrogen and oxygen atoms in total. The molecule has 0 aliphatic rings. The van der Waals surface area contributed by atoms with Crippen molar-refractivity contribution in [2.45, 2.75) is 50.7 Å². The molecule has 0 saturated heterocycles. The summed E-state index contributed by atoms with van der Waals surface area (Å²) in [5, 5.41) is 9.43. The molecular formula is C22H27NO4. The third-order valence-electron chi connectivity index (χ3n) is 4.52. The molecule has 0 saturated carbocycles. The number of para-hydroxylation sites is 1. The summed E-state index contributed by atoms with van der Waals surface area (Å²) in [7, 11) is 0. The quantitative estimate of drug-likeness (QED) is 0.588. The van der Waals surface area contributed by atoms with Crippen LogP contribution in [0.4, 0.5) is 0 Å². The molecule has 2 aromatic carbocycles. The maximum absolute atomic E-state index is 13.3. The lowest BCUT2D eigenvalue weighted by atomic mass is 9.84. The number of carbonyl (C=O) groups excluding carboxylic acids is 1. The van der Waals surface area contributed by atoms with Crippen LogP contribution in [0, 0.1) is 0 Å². The van der Waals surface area contributed by atoms with E-state index < -0.39 is 24.0 Å². The first-order valence-corrected chi connectivity index (χ1v) is 9.33. The van der Waals surface area contributed by atoms with Crippen molar-refractivity contribution in [2.24, 2.45) is 5.73 Å². The first kappa shape index (κ1) is 20.6. The molecule has 2 rings (SSSR count). The number of nitrogens with two attached hydrogens (primary N) is 1. The smallest absolute Gasteiger partial charge is 0.321 e. The summed E-state index contributed by atoms with van der Waals surface area (Å²) in [6.07, 6.45) is 2.60. The number of unbranched alkanes of at least 4 members (excludes halogenated alkanes) is 2. The van der Waals surface area contributed by atoms with E-state index in [-0.39, 0.29) is 5.78 Å². The lowest BCUT2D eigenvalue weighted by Gasteiger charge is -2.26.